The van der Waals surface area contributed by atoms with Crippen molar-refractivity contribution in [1.29, 1.82) is 0 Å². The Morgan fingerprint density at radius 2 is 0.346 bits per heavy atom. The Bertz CT molecular complexity index is 9100. The Morgan fingerprint density at radius 3 is 0.708 bits per heavy atom. The van der Waals surface area contributed by atoms with Gasteiger partial charge in [-0.25, -0.2) is 0 Å². The lowest BCUT2D eigenvalue weighted by Crippen LogP contribution is -1.97. The van der Waals surface area contributed by atoms with E-state index >= 15 is 0 Å². The number of hydrogen-bond acceptors (Lipinski definition) is 0. The Kier molecular flexibility index (Phi) is 18.2. The summed E-state index contributed by atoms with van der Waals surface area (Å²) in [6.45, 7) is 0. The Labute approximate surface area is 751 Å². The molecule has 0 spiro atoms. The van der Waals surface area contributed by atoms with Crippen molar-refractivity contribution in [3.05, 3.63) is 497 Å². The number of rotatable bonds is 11. The molecule has 0 radical (unpaired) electrons. The second-order valence-corrected chi connectivity index (χ2v) is 33.8. The van der Waals surface area contributed by atoms with Crippen molar-refractivity contribution in [2.24, 2.45) is 0 Å². The molecular formula is C124H82N6. The highest BCUT2D eigenvalue weighted by Crippen LogP contribution is 2.45. The summed E-state index contributed by atoms with van der Waals surface area (Å²) < 4.78 is 14.3. The van der Waals surface area contributed by atoms with E-state index in [2.05, 4.69) is 525 Å². The quantitative estimate of drug-likeness (QED) is 0.124. The maximum absolute atomic E-state index is 2.42. The van der Waals surface area contributed by atoms with Crippen LogP contribution >= 0.6 is 0 Å². The summed E-state index contributed by atoms with van der Waals surface area (Å²) >= 11 is 0. The normalized spacial score (nSPS) is 11.7. The molecule has 0 atom stereocenters. The van der Waals surface area contributed by atoms with Crippen LogP contribution in [0.1, 0.15) is 0 Å². The third-order valence-electron chi connectivity index (χ3n) is 26.5. The molecule has 0 aliphatic carbocycles. The fourth-order valence-corrected chi connectivity index (χ4v) is 20.6. The molecule has 27 rings (SSSR count). The van der Waals surface area contributed by atoms with E-state index in [9.17, 15) is 0 Å². The van der Waals surface area contributed by atoms with E-state index in [0.29, 0.717) is 0 Å². The summed E-state index contributed by atoms with van der Waals surface area (Å²) in [7, 11) is 0. The summed E-state index contributed by atoms with van der Waals surface area (Å²) in [6, 6.07) is 180. The zero-order chi connectivity index (χ0) is 85.7. The molecule has 0 amide bonds. The van der Waals surface area contributed by atoms with Gasteiger partial charge in [0.25, 0.3) is 0 Å². The van der Waals surface area contributed by atoms with Crippen molar-refractivity contribution in [2.45, 2.75) is 0 Å². The molecule has 130 heavy (non-hydrogen) atoms. The van der Waals surface area contributed by atoms with Crippen molar-refractivity contribution in [1.82, 2.24) is 27.4 Å². The number of fused-ring (bicyclic) bond motifs is 19. The molecular weight excluding hydrogens is 1570 g/mol. The third kappa shape index (κ3) is 12.7. The van der Waals surface area contributed by atoms with Crippen molar-refractivity contribution < 1.29 is 0 Å². The molecule has 0 aliphatic heterocycles. The van der Waals surface area contributed by atoms with E-state index in [1.165, 1.54) is 231 Å². The van der Waals surface area contributed by atoms with E-state index in [-0.39, 0.29) is 0 Å². The largest absolute Gasteiger partial charge is 0.309 e. The SMILES string of the molecule is c1ccc(-c2cccc(-n3c4ccccc4c4cc(-c5ccc6c(c5)c5ccccc5n6-c5ccccc5)ccc43)c2)cc1.c1ccc(-c2ccccc2-n2c3ccccc3c3cc(-c4ccc5c(c4)c4ccccc4n5-c4ccccc4)ccc32)cc1.c1ccc(-n2c3ccccc3c3cc(-c4ccc5c(c4)c4ccccc4n5-c4ccc5ccccc5c4)ccc32)cc1. The van der Waals surface area contributed by atoms with E-state index in [4.69, 9.17) is 0 Å². The molecule has 27 aromatic rings. The highest BCUT2D eigenvalue weighted by atomic mass is 15.0. The maximum atomic E-state index is 2.42. The van der Waals surface area contributed by atoms with E-state index in [1.807, 2.05) is 0 Å². The van der Waals surface area contributed by atoms with E-state index in [1.54, 1.807) is 0 Å². The van der Waals surface area contributed by atoms with Gasteiger partial charge in [0.15, 0.2) is 0 Å². The topological polar surface area (TPSA) is 29.6 Å². The second kappa shape index (κ2) is 31.4. The summed E-state index contributed by atoms with van der Waals surface area (Å²) in [5.41, 5.74) is 33.9. The van der Waals surface area contributed by atoms with Crippen molar-refractivity contribution >= 4 is 142 Å². The van der Waals surface area contributed by atoms with Gasteiger partial charge < -0.3 is 27.4 Å². The van der Waals surface area contributed by atoms with Crippen LogP contribution < -0.4 is 0 Å². The average molecular weight is 1660 g/mol. The molecule has 6 nitrogen and oxygen atoms in total. The van der Waals surface area contributed by atoms with Crippen LogP contribution in [0.15, 0.2) is 497 Å². The fraction of sp³-hybridized carbons (Fsp3) is 0. The van der Waals surface area contributed by atoms with Crippen LogP contribution in [0.2, 0.25) is 0 Å². The lowest BCUT2D eigenvalue weighted by atomic mass is 10.0. The molecule has 0 saturated carbocycles. The van der Waals surface area contributed by atoms with Gasteiger partial charge in [-0.15, -0.1) is 0 Å². The van der Waals surface area contributed by atoms with Gasteiger partial charge in [-0.1, -0.05) is 322 Å². The standard InChI is InChI=1S/2C42H28N2.C40H26N2/c1-3-13-29(14-4-1)33-17-7-10-20-38(33)44-40-22-12-9-19-35(40)37-28-31(24-26-42(37)44)30-23-25-41-36(27-30)34-18-8-11-21-39(34)43(41)32-15-5-2-6-16-32;1-3-12-29(13-4-1)30-14-11-17-34(26-30)44-40-21-10-8-19-36(40)38-28-32(23-25-42(38)44)31-22-24-41-37(27-31)35-18-7-9-20-39(35)43(41)33-15-5-2-6-16-33;1-2-12-31(13-3-1)41-37-16-8-6-14-33(37)35-25-29(19-22-39(35)41)30-20-23-40-36(26-30)34-15-7-9-17-38(34)42(40)32-21-18-27-10-4-5-11-28(27)24-32/h2*1-28H;1-26H. The lowest BCUT2D eigenvalue weighted by Gasteiger charge is -2.14. The van der Waals surface area contributed by atoms with Gasteiger partial charge in [-0.2, -0.15) is 0 Å². The van der Waals surface area contributed by atoms with Crippen LogP contribution in [-0.4, -0.2) is 27.4 Å². The van der Waals surface area contributed by atoms with Crippen LogP contribution in [0.3, 0.4) is 0 Å². The van der Waals surface area contributed by atoms with Crippen molar-refractivity contribution in [3.63, 3.8) is 0 Å². The zero-order valence-corrected chi connectivity index (χ0v) is 71.0. The zero-order valence-electron chi connectivity index (χ0n) is 71.0. The van der Waals surface area contributed by atoms with Crippen LogP contribution in [0, 0.1) is 0 Å². The minimum absolute atomic E-state index is 1.17. The van der Waals surface area contributed by atoms with Crippen molar-refractivity contribution in [3.8, 4) is 89.8 Å². The van der Waals surface area contributed by atoms with Crippen molar-refractivity contribution in [2.75, 3.05) is 0 Å². The van der Waals surface area contributed by atoms with Gasteiger partial charge in [0.2, 0.25) is 0 Å². The minimum atomic E-state index is 1.17. The van der Waals surface area contributed by atoms with Gasteiger partial charge in [0.1, 0.15) is 0 Å². The van der Waals surface area contributed by atoms with Gasteiger partial charge in [-0.3, -0.25) is 0 Å². The Morgan fingerprint density at radius 1 is 0.108 bits per heavy atom. The van der Waals surface area contributed by atoms with Gasteiger partial charge in [0.05, 0.1) is 71.9 Å². The van der Waals surface area contributed by atoms with Gasteiger partial charge in [-0.05, 0) is 237 Å². The first-order valence-corrected chi connectivity index (χ1v) is 44.7. The molecule has 0 unspecified atom stereocenters. The predicted octanol–water partition coefficient (Wildman–Crippen LogP) is 33.1. The smallest absolute Gasteiger partial charge is 0.0541 e. The summed E-state index contributed by atoms with van der Waals surface area (Å²) in [5.74, 6) is 0. The van der Waals surface area contributed by atoms with Crippen LogP contribution in [-0.2, 0) is 0 Å². The minimum Gasteiger partial charge on any atom is -0.309 e. The first-order chi connectivity index (χ1) is 64.5. The Hall–Kier alpha value is -17.3. The predicted molar refractivity (Wildman–Crippen MR) is 550 cm³/mol. The van der Waals surface area contributed by atoms with Crippen LogP contribution in [0.4, 0.5) is 0 Å². The highest BCUT2D eigenvalue weighted by Gasteiger charge is 2.23. The first-order valence-electron chi connectivity index (χ1n) is 44.7. The summed E-state index contributed by atoms with van der Waals surface area (Å²) in [6.07, 6.45) is 0. The van der Waals surface area contributed by atoms with E-state index in [0.717, 1.165) is 0 Å². The molecule has 6 heteroatoms. The molecule has 0 aliphatic rings. The fourth-order valence-electron chi connectivity index (χ4n) is 20.6. The van der Waals surface area contributed by atoms with Crippen LogP contribution in [0.5, 0.6) is 0 Å². The Balaban J connectivity index is 0.000000105. The monoisotopic (exact) mass is 1650 g/mol. The molecule has 0 bridgehead atoms. The number of para-hydroxylation sites is 10. The molecule has 0 fully saturated rings. The number of nitrogens with zero attached hydrogens (tertiary/aromatic N) is 6. The first kappa shape index (κ1) is 75.2. The molecule has 6 heterocycles. The lowest BCUT2D eigenvalue weighted by molar-refractivity contribution is 1.18. The molecule has 608 valence electrons. The van der Waals surface area contributed by atoms with Crippen LogP contribution in [0.25, 0.3) is 231 Å². The third-order valence-corrected chi connectivity index (χ3v) is 26.5. The molecule has 0 N–H and O–H groups in total. The number of aromatic nitrogens is 6. The summed E-state index contributed by atoms with van der Waals surface area (Å²) in [4.78, 5) is 0. The maximum Gasteiger partial charge on any atom is 0.0541 e. The number of benzene rings is 21. The van der Waals surface area contributed by atoms with E-state index < -0.39 is 0 Å². The molecule has 21 aromatic carbocycles. The highest BCUT2D eigenvalue weighted by molar-refractivity contribution is 6.17. The summed E-state index contributed by atoms with van der Waals surface area (Å²) in [5, 5.41) is 17.7. The second-order valence-electron chi connectivity index (χ2n) is 33.8. The van der Waals surface area contributed by atoms with Gasteiger partial charge >= 0.3 is 0 Å². The molecule has 0 saturated heterocycles. The molecule has 6 aromatic heterocycles. The van der Waals surface area contributed by atoms with Gasteiger partial charge in [0, 0.05) is 98.6 Å². The number of hydrogen-bond donors (Lipinski definition) is 0. The average Bonchev–Trinajstić information content (AvgIpc) is 1.59.